The minimum Gasteiger partial charge on any atom is -0.353 e. The fourth-order valence-corrected chi connectivity index (χ4v) is 0.871. The van der Waals surface area contributed by atoms with Crippen LogP contribution in [0.3, 0.4) is 0 Å². The molecule has 78 valence electrons. The molecule has 0 spiro atoms. The Labute approximate surface area is 81.3 Å². The summed E-state index contributed by atoms with van der Waals surface area (Å²) in [5, 5.41) is 6.08. The van der Waals surface area contributed by atoms with E-state index in [0.717, 1.165) is 13.1 Å². The molecule has 0 bridgehead atoms. The van der Waals surface area contributed by atoms with Gasteiger partial charge in [0.25, 0.3) is 0 Å². The number of carbonyl (C=O) groups excluding carboxylic acids is 1. The summed E-state index contributed by atoms with van der Waals surface area (Å²) in [6, 6.07) is 0.272. The normalized spacial score (nSPS) is 13.0. The fraction of sp³-hybridized carbons (Fsp3) is 0.900. The van der Waals surface area contributed by atoms with E-state index in [9.17, 15) is 4.79 Å². The molecule has 0 aliphatic heterocycles. The Morgan fingerprint density at radius 3 is 2.38 bits per heavy atom. The van der Waals surface area contributed by atoms with Gasteiger partial charge in [0.15, 0.2) is 0 Å². The summed E-state index contributed by atoms with van der Waals surface area (Å²) in [7, 11) is 0. The average Bonchev–Trinajstić information content (AvgIpc) is 2.04. The third-order valence-corrected chi connectivity index (χ3v) is 2.17. The molecule has 0 fully saturated rings. The molecule has 3 nitrogen and oxygen atoms in total. The Balaban J connectivity index is 3.50. The van der Waals surface area contributed by atoms with Gasteiger partial charge in [0.1, 0.15) is 0 Å². The van der Waals surface area contributed by atoms with Crippen LogP contribution in [0.2, 0.25) is 0 Å². The van der Waals surface area contributed by atoms with Crippen molar-refractivity contribution in [1.29, 1.82) is 0 Å². The minimum absolute atomic E-state index is 0.141. The number of amides is 1. The van der Waals surface area contributed by atoms with Crippen molar-refractivity contribution in [3.8, 4) is 0 Å². The monoisotopic (exact) mass is 186 g/mol. The molecular weight excluding hydrogens is 164 g/mol. The van der Waals surface area contributed by atoms with E-state index in [1.54, 1.807) is 0 Å². The van der Waals surface area contributed by atoms with Crippen LogP contribution in [0.1, 0.15) is 34.1 Å². The lowest BCUT2D eigenvalue weighted by atomic mass is 10.1. The smallest absolute Gasteiger partial charge is 0.221 e. The Morgan fingerprint density at radius 2 is 1.92 bits per heavy atom. The van der Waals surface area contributed by atoms with Crippen molar-refractivity contribution < 1.29 is 4.79 Å². The van der Waals surface area contributed by atoms with E-state index in [-0.39, 0.29) is 11.9 Å². The average molecular weight is 186 g/mol. The highest BCUT2D eigenvalue weighted by molar-refractivity contribution is 5.76. The maximum atomic E-state index is 11.3. The van der Waals surface area contributed by atoms with Crippen molar-refractivity contribution in [3.63, 3.8) is 0 Å². The van der Waals surface area contributed by atoms with Crippen LogP contribution >= 0.6 is 0 Å². The van der Waals surface area contributed by atoms with Crippen molar-refractivity contribution >= 4 is 5.91 Å². The van der Waals surface area contributed by atoms with Crippen LogP contribution in [-0.2, 0) is 4.79 Å². The predicted octanol–water partition coefficient (Wildman–Crippen LogP) is 1.15. The highest BCUT2D eigenvalue weighted by Crippen LogP contribution is 1.99. The molecule has 3 heteroatoms. The molecule has 13 heavy (non-hydrogen) atoms. The summed E-state index contributed by atoms with van der Waals surface area (Å²) in [5.41, 5.74) is 0. The summed E-state index contributed by atoms with van der Waals surface area (Å²) < 4.78 is 0. The first-order chi connectivity index (χ1) is 6.07. The number of hydrogen-bond donors (Lipinski definition) is 2. The molecule has 2 N–H and O–H groups in total. The second-order valence-electron chi connectivity index (χ2n) is 3.70. The Bertz CT molecular complexity index is 146. The van der Waals surface area contributed by atoms with Gasteiger partial charge in [0.05, 0.1) is 0 Å². The third-order valence-electron chi connectivity index (χ3n) is 2.17. The zero-order chi connectivity index (χ0) is 10.3. The molecular formula is C10H22N2O. The van der Waals surface area contributed by atoms with Gasteiger partial charge in [0, 0.05) is 19.0 Å². The van der Waals surface area contributed by atoms with Gasteiger partial charge < -0.3 is 10.6 Å². The van der Waals surface area contributed by atoms with Gasteiger partial charge in [-0.15, -0.1) is 0 Å². The Hall–Kier alpha value is -0.570. The summed E-state index contributed by atoms with van der Waals surface area (Å²) in [6.07, 6.45) is 0.574. The largest absolute Gasteiger partial charge is 0.353 e. The SMILES string of the molecule is CCNCCC(=O)NC(C)C(C)C. The Morgan fingerprint density at radius 1 is 1.31 bits per heavy atom. The zero-order valence-electron chi connectivity index (χ0n) is 9.18. The van der Waals surface area contributed by atoms with Crippen molar-refractivity contribution in [2.45, 2.75) is 40.2 Å². The molecule has 0 heterocycles. The zero-order valence-corrected chi connectivity index (χ0v) is 9.18. The Kier molecular flexibility index (Phi) is 6.59. The van der Waals surface area contributed by atoms with Crippen LogP contribution in [-0.4, -0.2) is 25.0 Å². The predicted molar refractivity (Wildman–Crippen MR) is 55.6 cm³/mol. The van der Waals surface area contributed by atoms with Crippen LogP contribution in [0, 0.1) is 5.92 Å². The molecule has 0 aliphatic rings. The summed E-state index contributed by atoms with van der Waals surface area (Å²) in [4.78, 5) is 11.3. The van der Waals surface area contributed by atoms with Crippen molar-refractivity contribution in [3.05, 3.63) is 0 Å². The molecule has 1 unspecified atom stereocenters. The molecule has 0 aromatic carbocycles. The van der Waals surface area contributed by atoms with E-state index in [4.69, 9.17) is 0 Å². The molecule has 1 amide bonds. The highest BCUT2D eigenvalue weighted by Gasteiger charge is 2.09. The van der Waals surface area contributed by atoms with Crippen molar-refractivity contribution in [2.75, 3.05) is 13.1 Å². The second kappa shape index (κ2) is 6.89. The molecule has 0 radical (unpaired) electrons. The first-order valence-corrected chi connectivity index (χ1v) is 5.08. The lowest BCUT2D eigenvalue weighted by molar-refractivity contribution is -0.121. The summed E-state index contributed by atoms with van der Waals surface area (Å²) in [5.74, 6) is 0.644. The minimum atomic E-state index is 0.141. The second-order valence-corrected chi connectivity index (χ2v) is 3.70. The molecule has 0 aliphatic carbocycles. The van der Waals surface area contributed by atoms with E-state index < -0.39 is 0 Å². The number of carbonyl (C=O) groups is 1. The van der Waals surface area contributed by atoms with E-state index in [2.05, 4.69) is 24.5 Å². The molecule has 0 saturated carbocycles. The highest BCUT2D eigenvalue weighted by atomic mass is 16.1. The van der Waals surface area contributed by atoms with Gasteiger partial charge >= 0.3 is 0 Å². The van der Waals surface area contributed by atoms with E-state index in [0.29, 0.717) is 12.3 Å². The molecule has 0 rings (SSSR count). The number of hydrogen-bond acceptors (Lipinski definition) is 2. The standard InChI is InChI=1S/C10H22N2O/c1-5-11-7-6-10(13)12-9(4)8(2)3/h8-9,11H,5-7H2,1-4H3,(H,12,13). The fourth-order valence-electron chi connectivity index (χ4n) is 0.871. The third kappa shape index (κ3) is 6.58. The van der Waals surface area contributed by atoms with Crippen LogP contribution in [0.25, 0.3) is 0 Å². The van der Waals surface area contributed by atoms with Crippen LogP contribution < -0.4 is 10.6 Å². The molecule has 0 aromatic heterocycles. The van der Waals surface area contributed by atoms with Gasteiger partial charge in [-0.25, -0.2) is 0 Å². The van der Waals surface area contributed by atoms with E-state index in [1.807, 2.05) is 13.8 Å². The van der Waals surface area contributed by atoms with Gasteiger partial charge in [-0.05, 0) is 19.4 Å². The summed E-state index contributed by atoms with van der Waals surface area (Å²) in [6.45, 7) is 9.98. The number of rotatable bonds is 6. The van der Waals surface area contributed by atoms with Crippen LogP contribution in [0.15, 0.2) is 0 Å². The van der Waals surface area contributed by atoms with Crippen LogP contribution in [0.5, 0.6) is 0 Å². The van der Waals surface area contributed by atoms with E-state index >= 15 is 0 Å². The number of nitrogens with one attached hydrogen (secondary N) is 2. The van der Waals surface area contributed by atoms with Gasteiger partial charge in [-0.1, -0.05) is 20.8 Å². The van der Waals surface area contributed by atoms with Gasteiger partial charge in [0.2, 0.25) is 5.91 Å². The first-order valence-electron chi connectivity index (χ1n) is 5.08. The van der Waals surface area contributed by atoms with Crippen LogP contribution in [0.4, 0.5) is 0 Å². The van der Waals surface area contributed by atoms with E-state index in [1.165, 1.54) is 0 Å². The van der Waals surface area contributed by atoms with Gasteiger partial charge in [-0.2, -0.15) is 0 Å². The maximum Gasteiger partial charge on any atom is 0.221 e. The first kappa shape index (κ1) is 12.4. The molecule has 1 atom stereocenters. The quantitative estimate of drug-likeness (QED) is 0.611. The molecule has 0 saturated heterocycles. The van der Waals surface area contributed by atoms with Crippen molar-refractivity contribution in [2.24, 2.45) is 5.92 Å². The topological polar surface area (TPSA) is 41.1 Å². The van der Waals surface area contributed by atoms with Crippen molar-refractivity contribution in [1.82, 2.24) is 10.6 Å². The summed E-state index contributed by atoms with van der Waals surface area (Å²) >= 11 is 0. The molecule has 0 aromatic rings. The lowest BCUT2D eigenvalue weighted by Gasteiger charge is -2.17. The lowest BCUT2D eigenvalue weighted by Crippen LogP contribution is -2.37. The maximum absolute atomic E-state index is 11.3. The van der Waals surface area contributed by atoms with Gasteiger partial charge in [-0.3, -0.25) is 4.79 Å².